The van der Waals surface area contributed by atoms with E-state index in [9.17, 15) is 18.3 Å². The molecule has 9 heteroatoms. The average Bonchev–Trinajstić information content (AvgIpc) is 3.15. The first-order valence-electron chi connectivity index (χ1n) is 6.20. The molecule has 22 heavy (non-hydrogen) atoms. The molecule has 2 N–H and O–H groups in total. The molecule has 6 nitrogen and oxygen atoms in total. The van der Waals surface area contributed by atoms with Gasteiger partial charge in [0.1, 0.15) is 15.4 Å². The van der Waals surface area contributed by atoms with Gasteiger partial charge in [-0.05, 0) is 29.8 Å². The van der Waals surface area contributed by atoms with Crippen LogP contribution in [-0.4, -0.2) is 33.1 Å². The van der Waals surface area contributed by atoms with E-state index in [1.54, 1.807) is 17.5 Å². The van der Waals surface area contributed by atoms with E-state index in [0.29, 0.717) is 4.88 Å². The highest BCUT2D eigenvalue weighted by Crippen LogP contribution is 2.26. The standard InChI is InChI=1S/C13H15NO5S3/c1-13(16,10-4-3-6-20-10)8-14-22(17,18)9-5-7-21-11(9)12(15)19-2/h3-7,14,16H,8H2,1-2H3. The maximum Gasteiger partial charge on any atom is 0.349 e. The average molecular weight is 361 g/mol. The number of hydrogen-bond donors (Lipinski definition) is 2. The summed E-state index contributed by atoms with van der Waals surface area (Å²) < 4.78 is 31.6. The van der Waals surface area contributed by atoms with Gasteiger partial charge in [-0.2, -0.15) is 0 Å². The minimum absolute atomic E-state index is 0.00534. The van der Waals surface area contributed by atoms with Crippen molar-refractivity contribution in [2.75, 3.05) is 13.7 Å². The SMILES string of the molecule is COC(=O)c1sccc1S(=O)(=O)NCC(C)(O)c1cccs1. The number of ether oxygens (including phenoxy) is 1. The van der Waals surface area contributed by atoms with Gasteiger partial charge in [0.25, 0.3) is 0 Å². The lowest BCUT2D eigenvalue weighted by molar-refractivity contribution is 0.0602. The summed E-state index contributed by atoms with van der Waals surface area (Å²) in [6.45, 7) is 1.32. The number of thiophene rings is 2. The fourth-order valence-corrected chi connectivity index (χ4v) is 4.99. The summed E-state index contributed by atoms with van der Waals surface area (Å²) in [5.41, 5.74) is -1.33. The Hall–Kier alpha value is -1.26. The number of rotatable bonds is 6. The molecule has 0 aromatic carbocycles. The van der Waals surface area contributed by atoms with Crippen molar-refractivity contribution < 1.29 is 23.1 Å². The molecule has 0 saturated heterocycles. The van der Waals surface area contributed by atoms with Crippen LogP contribution in [0.5, 0.6) is 0 Å². The Morgan fingerprint density at radius 1 is 1.36 bits per heavy atom. The quantitative estimate of drug-likeness (QED) is 0.765. The van der Waals surface area contributed by atoms with Crippen molar-refractivity contribution in [1.29, 1.82) is 0 Å². The smallest absolute Gasteiger partial charge is 0.349 e. The van der Waals surface area contributed by atoms with Crippen LogP contribution in [-0.2, 0) is 20.4 Å². The molecule has 1 atom stereocenters. The summed E-state index contributed by atoms with van der Waals surface area (Å²) in [5.74, 6) is -0.708. The lowest BCUT2D eigenvalue weighted by Gasteiger charge is -2.22. The predicted molar refractivity (Wildman–Crippen MR) is 84.7 cm³/mol. The molecule has 0 aliphatic heterocycles. The molecule has 0 aliphatic rings. The van der Waals surface area contributed by atoms with Crippen LogP contribution in [0.2, 0.25) is 0 Å². The molecule has 1 unspecified atom stereocenters. The molecule has 2 aromatic heterocycles. The van der Waals surface area contributed by atoms with Gasteiger partial charge in [-0.15, -0.1) is 22.7 Å². The molecule has 2 heterocycles. The van der Waals surface area contributed by atoms with Crippen LogP contribution < -0.4 is 4.72 Å². The van der Waals surface area contributed by atoms with Crippen LogP contribution in [0, 0.1) is 0 Å². The Balaban J connectivity index is 2.19. The van der Waals surface area contributed by atoms with Crippen molar-refractivity contribution in [3.63, 3.8) is 0 Å². The third-order valence-electron chi connectivity index (χ3n) is 2.95. The second-order valence-electron chi connectivity index (χ2n) is 4.68. The molecular weight excluding hydrogens is 346 g/mol. The fraction of sp³-hybridized carbons (Fsp3) is 0.308. The Kier molecular flexibility index (Phi) is 5.03. The van der Waals surface area contributed by atoms with Gasteiger partial charge in [-0.3, -0.25) is 0 Å². The molecule has 0 fully saturated rings. The zero-order valence-corrected chi connectivity index (χ0v) is 14.3. The summed E-state index contributed by atoms with van der Waals surface area (Å²) in [7, 11) is -2.73. The van der Waals surface area contributed by atoms with Crippen molar-refractivity contribution in [2.24, 2.45) is 0 Å². The zero-order valence-electron chi connectivity index (χ0n) is 11.9. The third-order valence-corrected chi connectivity index (χ3v) is 6.54. The number of nitrogens with one attached hydrogen (secondary N) is 1. The van der Waals surface area contributed by atoms with Gasteiger partial charge < -0.3 is 9.84 Å². The number of hydrogen-bond acceptors (Lipinski definition) is 7. The number of methoxy groups -OCH3 is 1. The zero-order chi connectivity index (χ0) is 16.4. The van der Waals surface area contributed by atoms with Crippen molar-refractivity contribution in [3.05, 3.63) is 38.7 Å². The highest BCUT2D eigenvalue weighted by molar-refractivity contribution is 7.89. The molecule has 0 bridgehead atoms. The minimum atomic E-state index is -3.92. The second-order valence-corrected chi connectivity index (χ2v) is 8.28. The predicted octanol–water partition coefficient (Wildman–Crippen LogP) is 1.78. The second kappa shape index (κ2) is 6.47. The van der Waals surface area contributed by atoms with Crippen LogP contribution in [0.1, 0.15) is 21.5 Å². The largest absolute Gasteiger partial charge is 0.465 e. The highest BCUT2D eigenvalue weighted by Gasteiger charge is 2.29. The fourth-order valence-electron chi connectivity index (χ4n) is 1.74. The van der Waals surface area contributed by atoms with Gasteiger partial charge in [-0.25, -0.2) is 17.9 Å². The first kappa shape index (κ1) is 17.1. The number of carbonyl (C=O) groups is 1. The summed E-state index contributed by atoms with van der Waals surface area (Å²) in [6, 6.07) is 4.83. The summed E-state index contributed by atoms with van der Waals surface area (Å²) >= 11 is 2.32. The normalized spacial score (nSPS) is 14.5. The van der Waals surface area contributed by atoms with Gasteiger partial charge in [0.2, 0.25) is 10.0 Å². The molecule has 0 radical (unpaired) electrons. The van der Waals surface area contributed by atoms with Gasteiger partial charge in [0, 0.05) is 11.4 Å². The van der Waals surface area contributed by atoms with E-state index in [2.05, 4.69) is 9.46 Å². The van der Waals surface area contributed by atoms with Crippen LogP contribution in [0.25, 0.3) is 0 Å². The Morgan fingerprint density at radius 2 is 2.09 bits per heavy atom. The number of sulfonamides is 1. The topological polar surface area (TPSA) is 92.7 Å². The molecule has 0 spiro atoms. The minimum Gasteiger partial charge on any atom is -0.465 e. The number of aliphatic hydroxyl groups is 1. The molecule has 0 amide bonds. The van der Waals surface area contributed by atoms with Gasteiger partial charge in [-0.1, -0.05) is 6.07 Å². The summed E-state index contributed by atoms with van der Waals surface area (Å²) in [6.07, 6.45) is 0. The lowest BCUT2D eigenvalue weighted by Crippen LogP contribution is -2.38. The Labute approximate surface area is 136 Å². The Morgan fingerprint density at radius 3 is 2.68 bits per heavy atom. The molecule has 0 aliphatic carbocycles. The van der Waals surface area contributed by atoms with E-state index in [4.69, 9.17) is 0 Å². The lowest BCUT2D eigenvalue weighted by atomic mass is 10.1. The van der Waals surface area contributed by atoms with E-state index < -0.39 is 21.6 Å². The maximum atomic E-state index is 12.3. The summed E-state index contributed by atoms with van der Waals surface area (Å²) in [4.78, 5) is 12.1. The highest BCUT2D eigenvalue weighted by atomic mass is 32.2. The van der Waals surface area contributed by atoms with E-state index in [0.717, 1.165) is 11.3 Å². The van der Waals surface area contributed by atoms with Crippen molar-refractivity contribution in [1.82, 2.24) is 4.72 Å². The molecule has 2 aromatic rings. The van der Waals surface area contributed by atoms with Crippen molar-refractivity contribution in [3.8, 4) is 0 Å². The van der Waals surface area contributed by atoms with Gasteiger partial charge in [0.05, 0.1) is 7.11 Å². The van der Waals surface area contributed by atoms with Crippen molar-refractivity contribution >= 4 is 38.7 Å². The van der Waals surface area contributed by atoms with E-state index in [-0.39, 0.29) is 16.3 Å². The molecule has 0 saturated carbocycles. The summed E-state index contributed by atoms with van der Waals surface area (Å²) in [5, 5.41) is 13.7. The van der Waals surface area contributed by atoms with Crippen LogP contribution in [0.15, 0.2) is 33.9 Å². The first-order chi connectivity index (χ1) is 10.3. The van der Waals surface area contributed by atoms with Gasteiger partial charge in [0.15, 0.2) is 0 Å². The first-order valence-corrected chi connectivity index (χ1v) is 9.44. The van der Waals surface area contributed by atoms with E-state index in [1.807, 2.05) is 0 Å². The third kappa shape index (κ3) is 3.55. The monoisotopic (exact) mass is 361 g/mol. The Bertz CT molecular complexity index is 746. The van der Waals surface area contributed by atoms with Crippen LogP contribution in [0.3, 0.4) is 0 Å². The molecule has 120 valence electrons. The van der Waals surface area contributed by atoms with Gasteiger partial charge >= 0.3 is 5.97 Å². The number of esters is 1. The maximum absolute atomic E-state index is 12.3. The van der Waals surface area contributed by atoms with E-state index >= 15 is 0 Å². The van der Waals surface area contributed by atoms with Crippen LogP contribution >= 0.6 is 22.7 Å². The molecule has 2 rings (SSSR count). The number of carbonyl (C=O) groups excluding carboxylic acids is 1. The molecular formula is C13H15NO5S3. The van der Waals surface area contributed by atoms with E-state index in [1.165, 1.54) is 36.8 Å². The van der Waals surface area contributed by atoms with Crippen LogP contribution in [0.4, 0.5) is 0 Å². The van der Waals surface area contributed by atoms with Crippen molar-refractivity contribution in [2.45, 2.75) is 17.4 Å².